The summed E-state index contributed by atoms with van der Waals surface area (Å²) in [6.07, 6.45) is 0. The van der Waals surface area contributed by atoms with Crippen molar-refractivity contribution in [2.24, 2.45) is 0 Å². The highest BCUT2D eigenvalue weighted by atomic mass is 35.5. The number of hydrogen-bond donors (Lipinski definition) is 0. The minimum atomic E-state index is 0.647. The van der Waals surface area contributed by atoms with Gasteiger partial charge in [-0.1, -0.05) is 78.3 Å². The lowest BCUT2D eigenvalue weighted by Gasteiger charge is -2.08. The second-order valence-corrected chi connectivity index (χ2v) is 6.33. The molecule has 0 aliphatic carbocycles. The molecule has 0 saturated carbocycles. The lowest BCUT2D eigenvalue weighted by atomic mass is 9.95. The highest BCUT2D eigenvalue weighted by Gasteiger charge is 2.15. The van der Waals surface area contributed by atoms with E-state index in [1.807, 2.05) is 18.2 Å². The maximum absolute atomic E-state index is 6.34. The van der Waals surface area contributed by atoms with E-state index < -0.39 is 0 Å². The Morgan fingerprint density at radius 3 is 2.21 bits per heavy atom. The Hall–Kier alpha value is -2.77. The third-order valence-corrected chi connectivity index (χ3v) is 4.84. The predicted octanol–water partition coefficient (Wildman–Crippen LogP) is 7.06. The molecule has 0 radical (unpaired) electrons. The van der Waals surface area contributed by atoms with Crippen LogP contribution in [0.3, 0.4) is 0 Å². The second kappa shape index (κ2) is 5.12. The number of hydrogen-bond acceptors (Lipinski definition) is 1. The van der Waals surface area contributed by atoms with Crippen molar-refractivity contribution in [2.45, 2.75) is 0 Å². The molecule has 2 heteroatoms. The first-order valence-corrected chi connectivity index (χ1v) is 8.28. The van der Waals surface area contributed by atoms with E-state index in [1.54, 1.807) is 0 Å². The molecule has 0 atom stereocenters. The van der Waals surface area contributed by atoms with Crippen molar-refractivity contribution in [1.82, 2.24) is 0 Å². The van der Waals surface area contributed by atoms with Crippen LogP contribution in [0.5, 0.6) is 0 Å². The normalized spacial score (nSPS) is 11.5. The minimum absolute atomic E-state index is 0.647. The van der Waals surface area contributed by atoms with Gasteiger partial charge in [-0.25, -0.2) is 0 Å². The van der Waals surface area contributed by atoms with Crippen molar-refractivity contribution >= 4 is 44.3 Å². The van der Waals surface area contributed by atoms with Crippen molar-refractivity contribution in [3.8, 4) is 11.1 Å². The Labute approximate surface area is 144 Å². The SMILES string of the molecule is Clc1cccc2c1oc1cc(-c3ccccc3)c3ccccc3c12. The van der Waals surface area contributed by atoms with Gasteiger partial charge in [-0.3, -0.25) is 0 Å². The summed E-state index contributed by atoms with van der Waals surface area (Å²) in [6.45, 7) is 0. The van der Waals surface area contributed by atoms with Crippen molar-refractivity contribution in [1.29, 1.82) is 0 Å². The zero-order valence-electron chi connectivity index (χ0n) is 12.8. The fourth-order valence-corrected chi connectivity index (χ4v) is 3.70. The molecule has 0 N–H and O–H groups in total. The second-order valence-electron chi connectivity index (χ2n) is 5.93. The van der Waals surface area contributed by atoms with E-state index in [0.717, 1.165) is 21.9 Å². The average molecular weight is 329 g/mol. The van der Waals surface area contributed by atoms with E-state index in [-0.39, 0.29) is 0 Å². The minimum Gasteiger partial charge on any atom is -0.454 e. The van der Waals surface area contributed by atoms with Crippen molar-refractivity contribution < 1.29 is 4.42 Å². The molecule has 24 heavy (non-hydrogen) atoms. The topological polar surface area (TPSA) is 13.1 Å². The summed E-state index contributed by atoms with van der Waals surface area (Å²) in [5, 5.41) is 5.25. The Kier molecular flexibility index (Phi) is 2.91. The molecule has 0 unspecified atom stereocenters. The van der Waals surface area contributed by atoms with Crippen molar-refractivity contribution in [3.05, 3.63) is 83.9 Å². The first-order chi connectivity index (χ1) is 11.8. The summed E-state index contributed by atoms with van der Waals surface area (Å²) < 4.78 is 6.12. The Morgan fingerprint density at radius 2 is 1.38 bits per heavy atom. The molecule has 114 valence electrons. The number of rotatable bonds is 1. The van der Waals surface area contributed by atoms with E-state index in [1.165, 1.54) is 21.9 Å². The highest BCUT2D eigenvalue weighted by molar-refractivity contribution is 6.36. The Bertz CT molecular complexity index is 1200. The van der Waals surface area contributed by atoms with E-state index in [4.69, 9.17) is 16.0 Å². The monoisotopic (exact) mass is 328 g/mol. The summed E-state index contributed by atoms with van der Waals surface area (Å²) in [4.78, 5) is 0. The van der Waals surface area contributed by atoms with Crippen LogP contribution in [0.25, 0.3) is 43.8 Å². The highest BCUT2D eigenvalue weighted by Crippen LogP contribution is 2.41. The molecule has 1 nitrogen and oxygen atoms in total. The summed E-state index contributed by atoms with van der Waals surface area (Å²) >= 11 is 6.34. The van der Waals surface area contributed by atoms with Gasteiger partial charge in [-0.05, 0) is 34.0 Å². The molecule has 0 aliphatic heterocycles. The maximum atomic E-state index is 6.34. The molecule has 0 saturated heterocycles. The van der Waals surface area contributed by atoms with Gasteiger partial charge in [0, 0.05) is 10.8 Å². The summed E-state index contributed by atoms with van der Waals surface area (Å²) in [5.41, 5.74) is 3.98. The largest absolute Gasteiger partial charge is 0.454 e. The average Bonchev–Trinajstić information content (AvgIpc) is 3.02. The van der Waals surface area contributed by atoms with Gasteiger partial charge >= 0.3 is 0 Å². The quantitative estimate of drug-likeness (QED) is 0.321. The first-order valence-electron chi connectivity index (χ1n) is 7.91. The molecule has 0 amide bonds. The van der Waals surface area contributed by atoms with Gasteiger partial charge in [0.05, 0.1) is 5.02 Å². The predicted molar refractivity (Wildman–Crippen MR) is 102 cm³/mol. The zero-order chi connectivity index (χ0) is 16.1. The molecule has 0 bridgehead atoms. The number of fused-ring (bicyclic) bond motifs is 5. The third-order valence-electron chi connectivity index (χ3n) is 4.54. The van der Waals surface area contributed by atoms with Gasteiger partial charge < -0.3 is 4.42 Å². The van der Waals surface area contributed by atoms with Crippen LogP contribution in [0, 0.1) is 0 Å². The zero-order valence-corrected chi connectivity index (χ0v) is 13.5. The number of furan rings is 1. The van der Waals surface area contributed by atoms with Crippen molar-refractivity contribution in [3.63, 3.8) is 0 Å². The fraction of sp³-hybridized carbons (Fsp3) is 0. The lowest BCUT2D eigenvalue weighted by Crippen LogP contribution is -1.82. The Morgan fingerprint density at radius 1 is 0.667 bits per heavy atom. The van der Waals surface area contributed by atoms with E-state index in [2.05, 4.69) is 60.7 Å². The van der Waals surface area contributed by atoms with Gasteiger partial charge in [-0.2, -0.15) is 0 Å². The third kappa shape index (κ3) is 1.88. The molecule has 1 heterocycles. The van der Waals surface area contributed by atoms with E-state index in [0.29, 0.717) is 5.02 Å². The van der Waals surface area contributed by atoms with Crippen LogP contribution >= 0.6 is 11.6 Å². The van der Waals surface area contributed by atoms with Gasteiger partial charge in [0.2, 0.25) is 0 Å². The van der Waals surface area contributed by atoms with E-state index >= 15 is 0 Å². The number of para-hydroxylation sites is 1. The van der Waals surface area contributed by atoms with Crippen molar-refractivity contribution in [2.75, 3.05) is 0 Å². The van der Waals surface area contributed by atoms with Crippen LogP contribution in [0.15, 0.2) is 83.3 Å². The van der Waals surface area contributed by atoms with Gasteiger partial charge in [-0.15, -0.1) is 0 Å². The molecule has 0 aliphatic rings. The molecule has 4 aromatic carbocycles. The molecule has 1 aromatic heterocycles. The summed E-state index contributed by atoms with van der Waals surface area (Å²) in [5.74, 6) is 0. The van der Waals surface area contributed by atoms with Crippen LogP contribution in [0.4, 0.5) is 0 Å². The molecular formula is C22H13ClO. The van der Waals surface area contributed by atoms with Crippen LogP contribution in [0.1, 0.15) is 0 Å². The van der Waals surface area contributed by atoms with Crippen LogP contribution in [0.2, 0.25) is 5.02 Å². The standard InChI is InChI=1S/C22H13ClO/c23-19-12-6-11-17-21-16-10-5-4-9-15(16)18(13-20(21)24-22(17)19)14-7-2-1-3-8-14/h1-13H. The van der Waals surface area contributed by atoms with Crippen LogP contribution < -0.4 is 0 Å². The maximum Gasteiger partial charge on any atom is 0.154 e. The molecular weight excluding hydrogens is 316 g/mol. The lowest BCUT2D eigenvalue weighted by molar-refractivity contribution is 0.669. The van der Waals surface area contributed by atoms with Gasteiger partial charge in [0.1, 0.15) is 5.58 Å². The Balaban J connectivity index is 2.02. The van der Waals surface area contributed by atoms with Gasteiger partial charge in [0.15, 0.2) is 5.58 Å². The molecule has 0 spiro atoms. The molecule has 5 aromatic rings. The van der Waals surface area contributed by atoms with Crippen LogP contribution in [-0.4, -0.2) is 0 Å². The smallest absolute Gasteiger partial charge is 0.154 e. The molecule has 5 rings (SSSR count). The number of benzene rings is 4. The van der Waals surface area contributed by atoms with Gasteiger partial charge in [0.25, 0.3) is 0 Å². The molecule has 0 fully saturated rings. The van der Waals surface area contributed by atoms with Crippen LogP contribution in [-0.2, 0) is 0 Å². The van der Waals surface area contributed by atoms with E-state index in [9.17, 15) is 0 Å². The number of halogens is 1. The summed E-state index contributed by atoms with van der Waals surface area (Å²) in [7, 11) is 0. The fourth-order valence-electron chi connectivity index (χ4n) is 3.48. The first kappa shape index (κ1) is 13.6. The summed E-state index contributed by atoms with van der Waals surface area (Å²) in [6, 6.07) is 26.9.